The fraction of sp³-hybridized carbons (Fsp3) is 0.933. The van der Waals surface area contributed by atoms with Crippen molar-refractivity contribution in [3.8, 4) is 0 Å². The number of nitrogens with zero attached hydrogens (tertiary/aromatic N) is 1. The Kier molecular flexibility index (Phi) is 3.56. The van der Waals surface area contributed by atoms with Crippen LogP contribution in [0.5, 0.6) is 0 Å². The molecule has 3 unspecified atom stereocenters. The number of carbonyl (C=O) groups is 1. The predicted molar refractivity (Wildman–Crippen MR) is 71.8 cm³/mol. The molecule has 3 atom stereocenters. The highest BCUT2D eigenvalue weighted by Gasteiger charge is 2.46. The van der Waals surface area contributed by atoms with Gasteiger partial charge in [0.25, 0.3) is 0 Å². The highest BCUT2D eigenvalue weighted by molar-refractivity contribution is 5.73. The standard InChI is InChI=1S/C15H25NO3/c1-11-9-16(10-13(11)14(17)18-2)12-4-7-19-15(8-12)5-3-6-15/h11-13H,3-10H2,1-2H3. The molecule has 3 aliphatic rings. The van der Waals surface area contributed by atoms with E-state index in [4.69, 9.17) is 9.47 Å². The summed E-state index contributed by atoms with van der Waals surface area (Å²) >= 11 is 0. The minimum absolute atomic E-state index is 0.0413. The van der Waals surface area contributed by atoms with Crippen molar-refractivity contribution < 1.29 is 14.3 Å². The van der Waals surface area contributed by atoms with Gasteiger partial charge in [0.1, 0.15) is 0 Å². The molecule has 4 nitrogen and oxygen atoms in total. The third-order valence-corrected chi connectivity index (χ3v) is 5.39. The molecular weight excluding hydrogens is 242 g/mol. The number of hydrogen-bond donors (Lipinski definition) is 0. The average Bonchev–Trinajstić information content (AvgIpc) is 2.78. The number of rotatable bonds is 2. The van der Waals surface area contributed by atoms with Crippen LogP contribution in [0.15, 0.2) is 0 Å². The van der Waals surface area contributed by atoms with Gasteiger partial charge in [0.05, 0.1) is 18.6 Å². The Morgan fingerprint density at radius 3 is 2.79 bits per heavy atom. The molecule has 1 saturated carbocycles. The van der Waals surface area contributed by atoms with Crippen LogP contribution < -0.4 is 0 Å². The van der Waals surface area contributed by atoms with E-state index in [-0.39, 0.29) is 17.5 Å². The molecule has 1 aliphatic carbocycles. The van der Waals surface area contributed by atoms with E-state index >= 15 is 0 Å². The molecule has 0 aromatic carbocycles. The van der Waals surface area contributed by atoms with Crippen LogP contribution in [-0.2, 0) is 14.3 Å². The molecule has 2 saturated heterocycles. The summed E-state index contributed by atoms with van der Waals surface area (Å²) in [6.07, 6.45) is 6.05. The molecule has 0 aromatic rings. The van der Waals surface area contributed by atoms with Gasteiger partial charge in [-0.3, -0.25) is 9.69 Å². The zero-order chi connectivity index (χ0) is 13.5. The summed E-state index contributed by atoms with van der Waals surface area (Å²) in [5.41, 5.74) is 0.190. The summed E-state index contributed by atoms with van der Waals surface area (Å²) in [6.45, 7) is 4.95. The van der Waals surface area contributed by atoms with Gasteiger partial charge < -0.3 is 9.47 Å². The van der Waals surface area contributed by atoms with E-state index in [0.29, 0.717) is 12.0 Å². The summed E-state index contributed by atoms with van der Waals surface area (Å²) in [6, 6.07) is 0.603. The molecule has 3 fully saturated rings. The first-order valence-corrected chi connectivity index (χ1v) is 7.59. The third kappa shape index (κ3) is 2.40. The van der Waals surface area contributed by atoms with Gasteiger partial charge in [-0.15, -0.1) is 0 Å². The van der Waals surface area contributed by atoms with Crippen LogP contribution in [0.3, 0.4) is 0 Å². The summed E-state index contributed by atoms with van der Waals surface area (Å²) in [7, 11) is 1.50. The van der Waals surface area contributed by atoms with Gasteiger partial charge in [0, 0.05) is 25.7 Å². The molecule has 0 aromatic heterocycles. The maximum atomic E-state index is 11.8. The van der Waals surface area contributed by atoms with Crippen LogP contribution in [-0.4, -0.2) is 49.3 Å². The Bertz CT molecular complexity index is 353. The number of likely N-dealkylation sites (tertiary alicyclic amines) is 1. The number of carbonyl (C=O) groups excluding carboxylic acids is 1. The van der Waals surface area contributed by atoms with Crippen LogP contribution in [0.4, 0.5) is 0 Å². The molecular formula is C15H25NO3. The van der Waals surface area contributed by atoms with Gasteiger partial charge in [0.15, 0.2) is 0 Å². The van der Waals surface area contributed by atoms with E-state index in [1.54, 1.807) is 0 Å². The van der Waals surface area contributed by atoms with Gasteiger partial charge >= 0.3 is 5.97 Å². The maximum absolute atomic E-state index is 11.8. The van der Waals surface area contributed by atoms with Gasteiger partial charge in [-0.2, -0.15) is 0 Å². The minimum atomic E-state index is -0.0413. The van der Waals surface area contributed by atoms with Crippen molar-refractivity contribution >= 4 is 5.97 Å². The van der Waals surface area contributed by atoms with Gasteiger partial charge in [-0.1, -0.05) is 6.92 Å². The molecule has 108 valence electrons. The molecule has 0 radical (unpaired) electrons. The molecule has 0 amide bonds. The van der Waals surface area contributed by atoms with Crippen LogP contribution in [0.2, 0.25) is 0 Å². The Morgan fingerprint density at radius 1 is 1.37 bits per heavy atom. The minimum Gasteiger partial charge on any atom is -0.469 e. The monoisotopic (exact) mass is 267 g/mol. The number of ether oxygens (including phenoxy) is 2. The van der Waals surface area contributed by atoms with Gasteiger partial charge in [-0.25, -0.2) is 0 Å². The normalized spacial score (nSPS) is 38.1. The maximum Gasteiger partial charge on any atom is 0.310 e. The van der Waals surface area contributed by atoms with E-state index in [1.807, 2.05) is 0 Å². The van der Waals surface area contributed by atoms with Crippen LogP contribution in [0.1, 0.15) is 39.0 Å². The molecule has 2 aliphatic heterocycles. The fourth-order valence-electron chi connectivity index (χ4n) is 3.99. The average molecular weight is 267 g/mol. The summed E-state index contributed by atoms with van der Waals surface area (Å²) in [5, 5.41) is 0. The Balaban J connectivity index is 1.62. The zero-order valence-corrected chi connectivity index (χ0v) is 12.1. The second kappa shape index (κ2) is 5.06. The molecule has 2 heterocycles. The second-order valence-corrected chi connectivity index (χ2v) is 6.59. The largest absolute Gasteiger partial charge is 0.469 e. The van der Waals surface area contributed by atoms with Crippen LogP contribution in [0.25, 0.3) is 0 Å². The fourth-order valence-corrected chi connectivity index (χ4v) is 3.99. The van der Waals surface area contributed by atoms with Gasteiger partial charge in [0.2, 0.25) is 0 Å². The molecule has 4 heteroatoms. The first kappa shape index (κ1) is 13.4. The summed E-state index contributed by atoms with van der Waals surface area (Å²) in [4.78, 5) is 14.3. The quantitative estimate of drug-likeness (QED) is 0.716. The van der Waals surface area contributed by atoms with E-state index in [1.165, 1.54) is 26.4 Å². The van der Waals surface area contributed by atoms with Crippen molar-refractivity contribution in [2.45, 2.75) is 50.7 Å². The highest BCUT2D eigenvalue weighted by atomic mass is 16.5. The Hall–Kier alpha value is -0.610. The topological polar surface area (TPSA) is 38.8 Å². The zero-order valence-electron chi connectivity index (χ0n) is 12.1. The highest BCUT2D eigenvalue weighted by Crippen LogP contribution is 2.44. The Morgan fingerprint density at radius 2 is 2.16 bits per heavy atom. The summed E-state index contributed by atoms with van der Waals surface area (Å²) in [5.74, 6) is 0.429. The molecule has 0 bridgehead atoms. The first-order chi connectivity index (χ1) is 9.13. The van der Waals surface area contributed by atoms with Crippen molar-refractivity contribution in [1.29, 1.82) is 0 Å². The van der Waals surface area contributed by atoms with Crippen LogP contribution in [0, 0.1) is 11.8 Å². The molecule has 19 heavy (non-hydrogen) atoms. The lowest BCUT2D eigenvalue weighted by atomic mass is 9.73. The summed E-state index contributed by atoms with van der Waals surface area (Å²) < 4.78 is 10.9. The van der Waals surface area contributed by atoms with Crippen molar-refractivity contribution in [3.63, 3.8) is 0 Å². The van der Waals surface area contributed by atoms with Crippen molar-refractivity contribution in [2.24, 2.45) is 11.8 Å². The molecule has 3 rings (SSSR count). The van der Waals surface area contributed by atoms with Crippen LogP contribution >= 0.6 is 0 Å². The lowest BCUT2D eigenvalue weighted by molar-refractivity contribution is -0.149. The van der Waals surface area contributed by atoms with E-state index in [9.17, 15) is 4.79 Å². The third-order valence-electron chi connectivity index (χ3n) is 5.39. The lowest BCUT2D eigenvalue weighted by Gasteiger charge is -2.49. The number of methoxy groups -OCH3 is 1. The predicted octanol–water partition coefficient (Wildman–Crippen LogP) is 1.83. The number of esters is 1. The van der Waals surface area contributed by atoms with Crippen molar-refractivity contribution in [3.05, 3.63) is 0 Å². The van der Waals surface area contributed by atoms with Crippen molar-refractivity contribution in [1.82, 2.24) is 4.90 Å². The Labute approximate surface area is 115 Å². The van der Waals surface area contributed by atoms with E-state index < -0.39 is 0 Å². The van der Waals surface area contributed by atoms with E-state index in [0.717, 1.165) is 32.5 Å². The first-order valence-electron chi connectivity index (χ1n) is 7.59. The second-order valence-electron chi connectivity index (χ2n) is 6.59. The molecule has 0 N–H and O–H groups in total. The van der Waals surface area contributed by atoms with Crippen molar-refractivity contribution in [2.75, 3.05) is 26.8 Å². The lowest BCUT2D eigenvalue weighted by Crippen LogP contribution is -2.51. The number of hydrogen-bond acceptors (Lipinski definition) is 4. The van der Waals surface area contributed by atoms with Gasteiger partial charge in [-0.05, 0) is 38.0 Å². The molecule has 1 spiro atoms. The smallest absolute Gasteiger partial charge is 0.310 e. The SMILES string of the molecule is COC(=O)C1CN(C2CCOC3(CCC3)C2)CC1C. The van der Waals surface area contributed by atoms with E-state index in [2.05, 4.69) is 11.8 Å².